The Morgan fingerprint density at radius 2 is 1.93 bits per heavy atom. The van der Waals surface area contributed by atoms with Crippen molar-refractivity contribution >= 4 is 17.9 Å². The molecule has 0 atom stereocenters. The molecular weight excluding hydrogens is 202 g/mol. The van der Waals surface area contributed by atoms with Gasteiger partial charge in [0, 0.05) is 0 Å². The number of nitrogens with zero attached hydrogens (tertiary/aromatic N) is 2. The van der Waals surface area contributed by atoms with E-state index in [-0.39, 0.29) is 11.5 Å². The number of anilines is 1. The van der Waals surface area contributed by atoms with Gasteiger partial charge in [-0.1, -0.05) is 0 Å². The number of amides is 1. The summed E-state index contributed by atoms with van der Waals surface area (Å²) in [6, 6.07) is 2.79. The molecule has 0 aliphatic carbocycles. The first-order valence-electron chi connectivity index (χ1n) is 3.94. The van der Waals surface area contributed by atoms with Crippen LogP contribution in [0.2, 0.25) is 0 Å². The van der Waals surface area contributed by atoms with Gasteiger partial charge < -0.3 is 9.47 Å². The van der Waals surface area contributed by atoms with Crippen molar-refractivity contribution in [2.24, 2.45) is 0 Å². The first kappa shape index (κ1) is 10.9. The second-order valence-electron chi connectivity index (χ2n) is 2.41. The largest absolute Gasteiger partial charge is 0.464 e. The SMILES string of the molecule is COC(=O)Nc1ccc(C(=O)OC)nn1. The van der Waals surface area contributed by atoms with Gasteiger partial charge in [-0.05, 0) is 12.1 Å². The van der Waals surface area contributed by atoms with Gasteiger partial charge in [0.15, 0.2) is 11.5 Å². The van der Waals surface area contributed by atoms with Crippen molar-refractivity contribution in [3.8, 4) is 0 Å². The van der Waals surface area contributed by atoms with Crippen molar-refractivity contribution in [2.45, 2.75) is 0 Å². The second-order valence-corrected chi connectivity index (χ2v) is 2.41. The minimum atomic E-state index is -0.657. The number of hydrogen-bond donors (Lipinski definition) is 1. The van der Waals surface area contributed by atoms with E-state index in [0.717, 1.165) is 0 Å². The molecule has 7 nitrogen and oxygen atoms in total. The maximum Gasteiger partial charge on any atom is 0.412 e. The minimum absolute atomic E-state index is 0.0629. The van der Waals surface area contributed by atoms with Gasteiger partial charge in [0.1, 0.15) is 0 Å². The van der Waals surface area contributed by atoms with Gasteiger partial charge in [0.25, 0.3) is 0 Å². The summed E-state index contributed by atoms with van der Waals surface area (Å²) in [7, 11) is 2.47. The van der Waals surface area contributed by atoms with Crippen molar-refractivity contribution in [1.82, 2.24) is 10.2 Å². The van der Waals surface area contributed by atoms with Crippen LogP contribution in [0, 0.1) is 0 Å². The van der Waals surface area contributed by atoms with Crippen molar-refractivity contribution < 1.29 is 19.1 Å². The molecule has 0 spiro atoms. The van der Waals surface area contributed by atoms with Gasteiger partial charge in [-0.25, -0.2) is 9.59 Å². The fourth-order valence-corrected chi connectivity index (χ4v) is 0.768. The molecule has 0 saturated carbocycles. The Morgan fingerprint density at radius 3 is 2.40 bits per heavy atom. The Hall–Kier alpha value is -2.18. The molecule has 0 saturated heterocycles. The average molecular weight is 211 g/mol. The quantitative estimate of drug-likeness (QED) is 0.714. The van der Waals surface area contributed by atoms with Crippen molar-refractivity contribution in [3.63, 3.8) is 0 Å². The third-order valence-electron chi connectivity index (χ3n) is 1.47. The van der Waals surface area contributed by atoms with Crippen LogP contribution in [-0.2, 0) is 9.47 Å². The third-order valence-corrected chi connectivity index (χ3v) is 1.47. The Labute approximate surface area is 85.4 Å². The number of hydrogen-bond acceptors (Lipinski definition) is 6. The molecule has 0 aliphatic heterocycles. The number of methoxy groups -OCH3 is 2. The molecule has 0 aliphatic rings. The summed E-state index contributed by atoms with van der Waals surface area (Å²) in [5.74, 6) is -0.401. The lowest BCUT2D eigenvalue weighted by atomic mass is 10.4. The summed E-state index contributed by atoms with van der Waals surface area (Å²) in [5, 5.41) is 9.40. The fraction of sp³-hybridized carbons (Fsp3) is 0.250. The van der Waals surface area contributed by atoms with E-state index in [9.17, 15) is 9.59 Å². The van der Waals surface area contributed by atoms with Crippen LogP contribution in [0.4, 0.5) is 10.6 Å². The molecule has 0 bridgehead atoms. The van der Waals surface area contributed by atoms with Crippen molar-refractivity contribution in [1.29, 1.82) is 0 Å². The monoisotopic (exact) mass is 211 g/mol. The van der Waals surface area contributed by atoms with Gasteiger partial charge in [-0.3, -0.25) is 5.32 Å². The number of ether oxygens (including phenoxy) is 2. The van der Waals surface area contributed by atoms with E-state index in [1.807, 2.05) is 0 Å². The lowest BCUT2D eigenvalue weighted by Gasteiger charge is -2.01. The van der Waals surface area contributed by atoms with Crippen molar-refractivity contribution in [2.75, 3.05) is 19.5 Å². The third kappa shape index (κ3) is 2.90. The predicted molar refractivity (Wildman–Crippen MR) is 49.4 cm³/mol. The van der Waals surface area contributed by atoms with E-state index in [4.69, 9.17) is 0 Å². The Bertz CT molecular complexity index is 363. The second kappa shape index (κ2) is 4.89. The predicted octanol–water partition coefficient (Wildman–Crippen LogP) is 0.441. The first-order valence-corrected chi connectivity index (χ1v) is 3.94. The highest BCUT2D eigenvalue weighted by Crippen LogP contribution is 2.03. The maximum atomic E-state index is 11.0. The molecule has 1 aromatic heterocycles. The Morgan fingerprint density at radius 1 is 1.20 bits per heavy atom. The standard InChI is InChI=1S/C8H9N3O4/c1-14-7(12)5-3-4-6(11-10-5)9-8(13)15-2/h3-4H,1-2H3,(H,9,11,13). The van der Waals surface area contributed by atoms with Crippen molar-refractivity contribution in [3.05, 3.63) is 17.8 Å². The zero-order chi connectivity index (χ0) is 11.3. The van der Waals surface area contributed by atoms with E-state index < -0.39 is 12.1 Å². The summed E-state index contributed by atoms with van der Waals surface area (Å²) >= 11 is 0. The number of nitrogens with one attached hydrogen (secondary N) is 1. The van der Waals surface area contributed by atoms with Crippen LogP contribution in [0.1, 0.15) is 10.5 Å². The van der Waals surface area contributed by atoms with E-state index in [0.29, 0.717) is 0 Å². The highest BCUT2D eigenvalue weighted by molar-refractivity contribution is 5.87. The zero-order valence-corrected chi connectivity index (χ0v) is 8.18. The highest BCUT2D eigenvalue weighted by Gasteiger charge is 2.08. The first-order chi connectivity index (χ1) is 7.17. The van der Waals surface area contributed by atoms with Crippen LogP contribution >= 0.6 is 0 Å². The fourth-order valence-electron chi connectivity index (χ4n) is 0.768. The summed E-state index contributed by atoms with van der Waals surface area (Å²) in [6.07, 6.45) is -0.657. The van der Waals surface area contributed by atoms with Crippen LogP contribution in [0.25, 0.3) is 0 Å². The normalized spacial score (nSPS) is 9.20. The highest BCUT2D eigenvalue weighted by atomic mass is 16.5. The number of carbonyl (C=O) groups excluding carboxylic acids is 2. The average Bonchev–Trinajstić information content (AvgIpc) is 2.29. The Kier molecular flexibility index (Phi) is 3.55. The van der Waals surface area contributed by atoms with E-state index in [2.05, 4.69) is 25.0 Å². The molecule has 7 heteroatoms. The maximum absolute atomic E-state index is 11.0. The van der Waals surface area contributed by atoms with Gasteiger partial charge in [0.05, 0.1) is 14.2 Å². The molecule has 0 unspecified atom stereocenters. The van der Waals surface area contributed by atoms with Gasteiger partial charge in [-0.2, -0.15) is 0 Å². The van der Waals surface area contributed by atoms with Crippen LogP contribution < -0.4 is 5.32 Å². The van der Waals surface area contributed by atoms with Crippen LogP contribution in [0.5, 0.6) is 0 Å². The lowest BCUT2D eigenvalue weighted by Crippen LogP contribution is -2.13. The van der Waals surface area contributed by atoms with Crippen LogP contribution in [-0.4, -0.2) is 36.5 Å². The Balaban J connectivity index is 2.72. The summed E-state index contributed by atoms with van der Waals surface area (Å²) in [5.41, 5.74) is 0.0629. The molecule has 0 fully saturated rings. The molecule has 0 aromatic carbocycles. The molecule has 1 amide bonds. The zero-order valence-electron chi connectivity index (χ0n) is 8.18. The van der Waals surface area contributed by atoms with E-state index in [1.165, 1.54) is 26.4 Å². The van der Waals surface area contributed by atoms with Crippen LogP contribution in [0.15, 0.2) is 12.1 Å². The summed E-state index contributed by atoms with van der Waals surface area (Å²) < 4.78 is 8.77. The van der Waals surface area contributed by atoms with Gasteiger partial charge >= 0.3 is 12.1 Å². The minimum Gasteiger partial charge on any atom is -0.464 e. The number of aromatic nitrogens is 2. The van der Waals surface area contributed by atoms with E-state index >= 15 is 0 Å². The summed E-state index contributed by atoms with van der Waals surface area (Å²) in [4.78, 5) is 21.7. The summed E-state index contributed by atoms with van der Waals surface area (Å²) in [6.45, 7) is 0. The van der Waals surface area contributed by atoms with E-state index in [1.54, 1.807) is 0 Å². The molecule has 1 N–H and O–H groups in total. The van der Waals surface area contributed by atoms with Crippen LogP contribution in [0.3, 0.4) is 0 Å². The molecule has 1 aromatic rings. The number of esters is 1. The number of rotatable bonds is 2. The number of carbonyl (C=O) groups is 2. The molecule has 15 heavy (non-hydrogen) atoms. The lowest BCUT2D eigenvalue weighted by molar-refractivity contribution is 0.0593. The molecule has 1 heterocycles. The van der Waals surface area contributed by atoms with Gasteiger partial charge in [0.2, 0.25) is 0 Å². The van der Waals surface area contributed by atoms with Gasteiger partial charge in [-0.15, -0.1) is 10.2 Å². The molecule has 80 valence electrons. The topological polar surface area (TPSA) is 90.4 Å². The molecule has 1 rings (SSSR count). The smallest absolute Gasteiger partial charge is 0.412 e. The molecule has 0 radical (unpaired) electrons. The molecular formula is C8H9N3O4.